The molecule has 2 rings (SSSR count). The van der Waals surface area contributed by atoms with Gasteiger partial charge in [-0.3, -0.25) is 5.41 Å². The van der Waals surface area contributed by atoms with Crippen LogP contribution in [-0.2, 0) is 4.74 Å². The van der Waals surface area contributed by atoms with Gasteiger partial charge in [0.05, 0.1) is 19.3 Å². The minimum absolute atomic E-state index is 0.0737. The molecule has 5 nitrogen and oxygen atoms in total. The van der Waals surface area contributed by atoms with Crippen molar-refractivity contribution in [2.24, 2.45) is 5.73 Å². The van der Waals surface area contributed by atoms with Gasteiger partial charge in [0.25, 0.3) is 0 Å². The number of ether oxygens (including phenoxy) is 1. The van der Waals surface area contributed by atoms with E-state index in [9.17, 15) is 0 Å². The van der Waals surface area contributed by atoms with Crippen molar-refractivity contribution in [1.82, 2.24) is 4.98 Å². The molecule has 1 saturated heterocycles. The molecule has 0 saturated carbocycles. The van der Waals surface area contributed by atoms with Crippen LogP contribution in [0.25, 0.3) is 0 Å². The lowest BCUT2D eigenvalue weighted by molar-refractivity contribution is 0.0985. The van der Waals surface area contributed by atoms with E-state index < -0.39 is 0 Å². The lowest BCUT2D eigenvalue weighted by atomic mass is 10.2. The van der Waals surface area contributed by atoms with Crippen LogP contribution in [0.15, 0.2) is 18.3 Å². The Bertz CT molecular complexity index is 393. The number of nitrogen functional groups attached to an aromatic ring is 1. The zero-order valence-electron chi connectivity index (χ0n) is 9.31. The molecule has 86 valence electrons. The maximum absolute atomic E-state index is 7.40. The van der Waals surface area contributed by atoms with Crippen LogP contribution < -0.4 is 10.6 Å². The van der Waals surface area contributed by atoms with Crippen molar-refractivity contribution in [1.29, 1.82) is 5.41 Å². The van der Waals surface area contributed by atoms with Gasteiger partial charge < -0.3 is 15.4 Å². The molecule has 1 atom stereocenters. The smallest absolute Gasteiger partial charge is 0.129 e. The molecule has 1 aliphatic rings. The van der Waals surface area contributed by atoms with Gasteiger partial charge in [-0.25, -0.2) is 4.98 Å². The quantitative estimate of drug-likeness (QED) is 0.565. The number of amidine groups is 1. The molecule has 1 aliphatic heterocycles. The topological polar surface area (TPSA) is 75.2 Å². The van der Waals surface area contributed by atoms with Crippen LogP contribution in [0.3, 0.4) is 0 Å². The normalized spacial score (nSPS) is 20.8. The molecule has 0 bridgehead atoms. The van der Waals surface area contributed by atoms with Crippen LogP contribution >= 0.6 is 0 Å². The zero-order chi connectivity index (χ0) is 11.5. The first-order valence-electron chi connectivity index (χ1n) is 5.33. The second-order valence-corrected chi connectivity index (χ2v) is 3.93. The maximum Gasteiger partial charge on any atom is 0.129 e. The Morgan fingerprint density at radius 3 is 3.19 bits per heavy atom. The molecule has 16 heavy (non-hydrogen) atoms. The van der Waals surface area contributed by atoms with E-state index in [1.165, 1.54) is 0 Å². The largest absolute Gasteiger partial charge is 0.384 e. The second-order valence-electron chi connectivity index (χ2n) is 3.93. The maximum atomic E-state index is 7.40. The Kier molecular flexibility index (Phi) is 3.05. The molecule has 1 fully saturated rings. The van der Waals surface area contributed by atoms with Gasteiger partial charge in [-0.15, -0.1) is 0 Å². The lowest BCUT2D eigenvalue weighted by Crippen LogP contribution is -2.44. The van der Waals surface area contributed by atoms with Crippen LogP contribution in [0.1, 0.15) is 12.5 Å². The highest BCUT2D eigenvalue weighted by Crippen LogP contribution is 2.17. The zero-order valence-corrected chi connectivity index (χ0v) is 9.31. The van der Waals surface area contributed by atoms with Crippen molar-refractivity contribution in [3.8, 4) is 0 Å². The minimum atomic E-state index is 0.0737. The fourth-order valence-corrected chi connectivity index (χ4v) is 1.81. The van der Waals surface area contributed by atoms with Gasteiger partial charge in [0.15, 0.2) is 0 Å². The number of pyridine rings is 1. The van der Waals surface area contributed by atoms with Gasteiger partial charge >= 0.3 is 0 Å². The SMILES string of the molecule is CC1COCCN1c1cc(C(=N)N)ccn1. The Morgan fingerprint density at radius 1 is 1.69 bits per heavy atom. The van der Waals surface area contributed by atoms with E-state index in [1.54, 1.807) is 12.3 Å². The van der Waals surface area contributed by atoms with Crippen molar-refractivity contribution in [2.45, 2.75) is 13.0 Å². The Labute approximate surface area is 94.7 Å². The van der Waals surface area contributed by atoms with Crippen molar-refractivity contribution >= 4 is 11.7 Å². The fourth-order valence-electron chi connectivity index (χ4n) is 1.81. The van der Waals surface area contributed by atoms with Crippen LogP contribution in [0, 0.1) is 5.41 Å². The van der Waals surface area contributed by atoms with Gasteiger partial charge in [0.2, 0.25) is 0 Å². The van der Waals surface area contributed by atoms with Gasteiger partial charge in [-0.05, 0) is 19.1 Å². The molecule has 0 amide bonds. The Hall–Kier alpha value is -1.62. The third kappa shape index (κ3) is 2.14. The molecule has 0 radical (unpaired) electrons. The minimum Gasteiger partial charge on any atom is -0.384 e. The molecule has 1 aromatic rings. The number of rotatable bonds is 2. The van der Waals surface area contributed by atoms with Crippen molar-refractivity contribution in [3.63, 3.8) is 0 Å². The molecule has 0 aliphatic carbocycles. The average Bonchev–Trinajstić information content (AvgIpc) is 2.30. The van der Waals surface area contributed by atoms with Crippen molar-refractivity contribution in [3.05, 3.63) is 23.9 Å². The summed E-state index contributed by atoms with van der Waals surface area (Å²) < 4.78 is 5.37. The first-order chi connectivity index (χ1) is 7.68. The third-order valence-electron chi connectivity index (χ3n) is 2.72. The molecular formula is C11H16N4O. The van der Waals surface area contributed by atoms with E-state index in [0.717, 1.165) is 19.0 Å². The highest BCUT2D eigenvalue weighted by atomic mass is 16.5. The summed E-state index contributed by atoms with van der Waals surface area (Å²) in [6.45, 7) is 4.36. The standard InChI is InChI=1S/C11H16N4O/c1-8-7-16-5-4-15(8)10-6-9(11(12)13)2-3-14-10/h2-3,6,8H,4-5,7H2,1H3,(H3,12,13). The Morgan fingerprint density at radius 2 is 2.50 bits per heavy atom. The van der Waals surface area contributed by atoms with E-state index >= 15 is 0 Å². The summed E-state index contributed by atoms with van der Waals surface area (Å²) in [6, 6.07) is 3.91. The monoisotopic (exact) mass is 220 g/mol. The molecule has 0 spiro atoms. The van der Waals surface area contributed by atoms with Crippen LogP contribution in [0.2, 0.25) is 0 Å². The van der Waals surface area contributed by atoms with Crippen molar-refractivity contribution < 1.29 is 4.74 Å². The van der Waals surface area contributed by atoms with E-state index in [0.29, 0.717) is 18.2 Å². The van der Waals surface area contributed by atoms with E-state index in [1.807, 2.05) is 6.07 Å². The van der Waals surface area contributed by atoms with Crippen LogP contribution in [-0.4, -0.2) is 36.6 Å². The molecule has 3 N–H and O–H groups in total. The summed E-state index contributed by atoms with van der Waals surface area (Å²) in [5, 5.41) is 7.40. The molecule has 1 aromatic heterocycles. The molecule has 2 heterocycles. The number of hydrogen-bond donors (Lipinski definition) is 2. The highest BCUT2D eigenvalue weighted by Gasteiger charge is 2.20. The lowest BCUT2D eigenvalue weighted by Gasteiger charge is -2.34. The van der Waals surface area contributed by atoms with Crippen molar-refractivity contribution in [2.75, 3.05) is 24.7 Å². The average molecular weight is 220 g/mol. The predicted molar refractivity (Wildman–Crippen MR) is 62.9 cm³/mol. The first-order valence-corrected chi connectivity index (χ1v) is 5.33. The van der Waals surface area contributed by atoms with Crippen LogP contribution in [0.5, 0.6) is 0 Å². The van der Waals surface area contributed by atoms with E-state index in [-0.39, 0.29) is 5.84 Å². The highest BCUT2D eigenvalue weighted by molar-refractivity contribution is 5.95. The van der Waals surface area contributed by atoms with Crippen LogP contribution in [0.4, 0.5) is 5.82 Å². The van der Waals surface area contributed by atoms with E-state index in [4.69, 9.17) is 15.9 Å². The number of nitrogens with zero attached hydrogens (tertiary/aromatic N) is 2. The molecule has 1 unspecified atom stereocenters. The number of nitrogens with one attached hydrogen (secondary N) is 1. The van der Waals surface area contributed by atoms with Gasteiger partial charge in [0.1, 0.15) is 11.7 Å². The van der Waals surface area contributed by atoms with Gasteiger partial charge in [-0.2, -0.15) is 0 Å². The summed E-state index contributed by atoms with van der Waals surface area (Å²) in [6.07, 6.45) is 1.69. The third-order valence-corrected chi connectivity index (χ3v) is 2.72. The molecule has 0 aromatic carbocycles. The van der Waals surface area contributed by atoms with E-state index in [2.05, 4.69) is 16.8 Å². The molecular weight excluding hydrogens is 204 g/mol. The summed E-state index contributed by atoms with van der Waals surface area (Å²) in [7, 11) is 0. The number of aromatic nitrogens is 1. The number of anilines is 1. The summed E-state index contributed by atoms with van der Waals surface area (Å²) in [5.41, 5.74) is 6.17. The first kappa shape index (κ1) is 10.9. The van der Waals surface area contributed by atoms with Gasteiger partial charge in [-0.1, -0.05) is 0 Å². The summed E-state index contributed by atoms with van der Waals surface area (Å²) >= 11 is 0. The number of hydrogen-bond acceptors (Lipinski definition) is 4. The number of nitrogens with two attached hydrogens (primary N) is 1. The summed E-state index contributed by atoms with van der Waals surface area (Å²) in [5.74, 6) is 0.938. The second kappa shape index (κ2) is 4.49. The van der Waals surface area contributed by atoms with Gasteiger partial charge in [0, 0.05) is 18.3 Å². The Balaban J connectivity index is 2.25. The summed E-state index contributed by atoms with van der Waals surface area (Å²) in [4.78, 5) is 6.49. The number of morpholine rings is 1. The predicted octanol–water partition coefficient (Wildman–Crippen LogP) is 0.591. The molecule has 5 heteroatoms. The fraction of sp³-hybridized carbons (Fsp3) is 0.455.